The Morgan fingerprint density at radius 2 is 1.14 bits per heavy atom. The Hall–Kier alpha value is -3.63. The van der Waals surface area contributed by atoms with Crippen LogP contribution in [0.5, 0.6) is 0 Å². The molecule has 5 aromatic rings. The second-order valence-corrected chi connectivity index (χ2v) is 6.92. The van der Waals surface area contributed by atoms with E-state index in [1.165, 1.54) is 0 Å². The van der Waals surface area contributed by atoms with Gasteiger partial charge in [-0.15, -0.1) is 0 Å². The molecule has 4 nitrogen and oxygen atoms in total. The molecule has 5 rings (SSSR count). The zero-order valence-corrected chi connectivity index (χ0v) is 16.1. The third-order valence-electron chi connectivity index (χ3n) is 4.69. The topological polar surface area (TPSA) is 51.6 Å². The van der Waals surface area contributed by atoms with Crippen molar-refractivity contribution in [3.63, 3.8) is 0 Å². The molecule has 0 aliphatic rings. The second kappa shape index (κ2) is 7.41. The van der Waals surface area contributed by atoms with E-state index in [0.717, 1.165) is 27.6 Å². The predicted molar refractivity (Wildman–Crippen MR) is 116 cm³/mol. The Labute approximate surface area is 172 Å². The van der Waals surface area contributed by atoms with E-state index in [-0.39, 0.29) is 5.28 Å². The van der Waals surface area contributed by atoms with Crippen molar-refractivity contribution in [2.24, 2.45) is 0 Å². The number of rotatable bonds is 3. The van der Waals surface area contributed by atoms with E-state index in [1.807, 2.05) is 66.7 Å². The molecule has 0 aliphatic carbocycles. The molecule has 138 valence electrons. The van der Waals surface area contributed by atoms with Gasteiger partial charge in [-0.05, 0) is 34.9 Å². The Bertz CT molecular complexity index is 1300. The minimum atomic E-state index is 0.145. The third kappa shape index (κ3) is 3.58. The van der Waals surface area contributed by atoms with Crippen LogP contribution < -0.4 is 0 Å². The maximum Gasteiger partial charge on any atom is 0.226 e. The van der Waals surface area contributed by atoms with Gasteiger partial charge in [-0.1, -0.05) is 78.9 Å². The van der Waals surface area contributed by atoms with Gasteiger partial charge >= 0.3 is 0 Å². The molecule has 3 aromatic carbocycles. The minimum Gasteiger partial charge on any atom is -0.244 e. The molecule has 0 spiro atoms. The third-order valence-corrected chi connectivity index (χ3v) is 4.85. The lowest BCUT2D eigenvalue weighted by Crippen LogP contribution is -1.98. The van der Waals surface area contributed by atoms with Crippen LogP contribution in [0, 0.1) is 0 Å². The monoisotopic (exact) mass is 394 g/mol. The fourth-order valence-electron chi connectivity index (χ4n) is 3.23. The van der Waals surface area contributed by atoms with Crippen molar-refractivity contribution in [2.75, 3.05) is 0 Å². The van der Waals surface area contributed by atoms with Gasteiger partial charge in [-0.25, -0.2) is 9.97 Å². The number of hydrogen-bond donors (Lipinski definition) is 0. The highest BCUT2D eigenvalue weighted by molar-refractivity contribution is 6.28. The lowest BCUT2D eigenvalue weighted by Gasteiger charge is -2.07. The van der Waals surface area contributed by atoms with Crippen molar-refractivity contribution in [3.05, 3.63) is 96.3 Å². The Balaban J connectivity index is 1.53. The molecule has 0 radical (unpaired) electrons. The number of aromatic nitrogens is 4. The standard InChI is InChI=1S/C24H15ClN4/c25-24-28-22(19-12-10-17(11-13-19)16-6-2-1-3-7-16)27-23(29-24)21-15-14-18-8-4-5-9-20(18)26-21/h1-15H. The van der Waals surface area contributed by atoms with Crippen molar-refractivity contribution in [2.45, 2.75) is 0 Å². The normalized spacial score (nSPS) is 10.9. The van der Waals surface area contributed by atoms with Crippen LogP contribution in [0.15, 0.2) is 91.0 Å². The molecule has 0 unspecified atom stereocenters. The van der Waals surface area contributed by atoms with E-state index in [4.69, 9.17) is 11.6 Å². The molecule has 0 fully saturated rings. The molecule has 0 amide bonds. The van der Waals surface area contributed by atoms with Crippen LogP contribution in [0.2, 0.25) is 5.28 Å². The highest BCUT2D eigenvalue weighted by Crippen LogP contribution is 2.25. The van der Waals surface area contributed by atoms with Crippen LogP contribution in [0.4, 0.5) is 0 Å². The molecule has 2 heterocycles. The zero-order chi connectivity index (χ0) is 19.6. The summed E-state index contributed by atoms with van der Waals surface area (Å²) in [7, 11) is 0. The number of halogens is 1. The van der Waals surface area contributed by atoms with Gasteiger partial charge in [0.15, 0.2) is 11.6 Å². The molecular weight excluding hydrogens is 380 g/mol. The van der Waals surface area contributed by atoms with Crippen molar-refractivity contribution in [1.29, 1.82) is 0 Å². The molecule has 0 N–H and O–H groups in total. The van der Waals surface area contributed by atoms with E-state index in [0.29, 0.717) is 17.3 Å². The van der Waals surface area contributed by atoms with Crippen LogP contribution in [0.25, 0.3) is 44.9 Å². The molecule has 0 bridgehead atoms. The summed E-state index contributed by atoms with van der Waals surface area (Å²) in [5, 5.41) is 1.21. The lowest BCUT2D eigenvalue weighted by atomic mass is 10.0. The van der Waals surface area contributed by atoms with Crippen LogP contribution >= 0.6 is 11.6 Å². The van der Waals surface area contributed by atoms with Gasteiger partial charge in [-0.3, -0.25) is 0 Å². The average molecular weight is 395 g/mol. The summed E-state index contributed by atoms with van der Waals surface area (Å²) in [5.74, 6) is 0.979. The van der Waals surface area contributed by atoms with Crippen LogP contribution in [0.3, 0.4) is 0 Å². The molecule has 29 heavy (non-hydrogen) atoms. The summed E-state index contributed by atoms with van der Waals surface area (Å²) in [4.78, 5) is 17.9. The molecule has 2 aromatic heterocycles. The quantitative estimate of drug-likeness (QED) is 0.372. The first-order valence-corrected chi connectivity index (χ1v) is 9.58. The number of nitrogens with zero attached hydrogens (tertiary/aromatic N) is 4. The lowest BCUT2D eigenvalue weighted by molar-refractivity contribution is 1.05. The first-order valence-electron chi connectivity index (χ1n) is 9.20. The van der Waals surface area contributed by atoms with Crippen LogP contribution in [-0.4, -0.2) is 19.9 Å². The van der Waals surface area contributed by atoms with Gasteiger partial charge in [0.2, 0.25) is 5.28 Å². The molecule has 0 atom stereocenters. The summed E-state index contributed by atoms with van der Waals surface area (Å²) in [6.45, 7) is 0. The van der Waals surface area contributed by atoms with Gasteiger partial charge < -0.3 is 0 Å². The minimum absolute atomic E-state index is 0.145. The van der Waals surface area contributed by atoms with Gasteiger partial charge in [-0.2, -0.15) is 9.97 Å². The largest absolute Gasteiger partial charge is 0.244 e. The summed E-state index contributed by atoms with van der Waals surface area (Å²) >= 11 is 6.21. The Kier molecular flexibility index (Phi) is 4.47. The zero-order valence-electron chi connectivity index (χ0n) is 15.3. The average Bonchev–Trinajstić information content (AvgIpc) is 2.79. The fraction of sp³-hybridized carbons (Fsp3) is 0. The molecular formula is C24H15ClN4. The van der Waals surface area contributed by atoms with E-state index in [1.54, 1.807) is 0 Å². The smallest absolute Gasteiger partial charge is 0.226 e. The van der Waals surface area contributed by atoms with Gasteiger partial charge in [0.25, 0.3) is 0 Å². The molecule has 0 aliphatic heterocycles. The first-order chi connectivity index (χ1) is 14.3. The number of benzene rings is 3. The molecule has 0 saturated carbocycles. The maximum atomic E-state index is 6.21. The Morgan fingerprint density at radius 1 is 0.483 bits per heavy atom. The first kappa shape index (κ1) is 17.5. The van der Waals surface area contributed by atoms with Crippen LogP contribution in [-0.2, 0) is 0 Å². The van der Waals surface area contributed by atoms with Gasteiger partial charge in [0.05, 0.1) is 5.52 Å². The van der Waals surface area contributed by atoms with E-state index >= 15 is 0 Å². The van der Waals surface area contributed by atoms with Gasteiger partial charge in [0.1, 0.15) is 5.69 Å². The summed E-state index contributed by atoms with van der Waals surface area (Å²) < 4.78 is 0. The van der Waals surface area contributed by atoms with Crippen molar-refractivity contribution >= 4 is 22.5 Å². The number of para-hydroxylation sites is 1. The summed E-state index contributed by atoms with van der Waals surface area (Å²) in [5.41, 5.74) is 4.71. The Morgan fingerprint density at radius 3 is 1.97 bits per heavy atom. The van der Waals surface area contributed by atoms with E-state index in [9.17, 15) is 0 Å². The van der Waals surface area contributed by atoms with Crippen molar-refractivity contribution in [3.8, 4) is 34.0 Å². The molecule has 0 saturated heterocycles. The number of fused-ring (bicyclic) bond motifs is 1. The highest BCUT2D eigenvalue weighted by atomic mass is 35.5. The molecule has 5 heteroatoms. The van der Waals surface area contributed by atoms with Crippen LogP contribution in [0.1, 0.15) is 0 Å². The summed E-state index contributed by atoms with van der Waals surface area (Å²) in [6, 6.07) is 30.1. The van der Waals surface area contributed by atoms with E-state index < -0.39 is 0 Å². The SMILES string of the molecule is Clc1nc(-c2ccc(-c3ccccc3)cc2)nc(-c2ccc3ccccc3n2)n1. The fourth-order valence-corrected chi connectivity index (χ4v) is 3.39. The maximum absolute atomic E-state index is 6.21. The number of hydrogen-bond acceptors (Lipinski definition) is 4. The highest BCUT2D eigenvalue weighted by Gasteiger charge is 2.11. The summed E-state index contributed by atoms with van der Waals surface area (Å²) in [6.07, 6.45) is 0. The van der Waals surface area contributed by atoms with E-state index in [2.05, 4.69) is 44.2 Å². The second-order valence-electron chi connectivity index (χ2n) is 6.58. The predicted octanol–water partition coefficient (Wildman–Crippen LogP) is 6.07. The van der Waals surface area contributed by atoms with Crippen molar-refractivity contribution in [1.82, 2.24) is 19.9 Å². The van der Waals surface area contributed by atoms with Gasteiger partial charge in [0, 0.05) is 10.9 Å². The van der Waals surface area contributed by atoms with Crippen molar-refractivity contribution < 1.29 is 0 Å². The number of pyridine rings is 1.